The molecule has 0 atom stereocenters. The van der Waals surface area contributed by atoms with Crippen molar-refractivity contribution in [3.63, 3.8) is 0 Å². The number of nitrogens with zero attached hydrogens (tertiary/aromatic N) is 2. The second kappa shape index (κ2) is 14.5. The molecule has 216 valence electrons. The van der Waals surface area contributed by atoms with Crippen LogP contribution < -0.4 is 15.5 Å². The van der Waals surface area contributed by atoms with Gasteiger partial charge in [-0.1, -0.05) is 41.9 Å². The maximum atomic E-state index is 13.5. The summed E-state index contributed by atoms with van der Waals surface area (Å²) in [6.07, 6.45) is 4.11. The van der Waals surface area contributed by atoms with Gasteiger partial charge in [-0.05, 0) is 86.2 Å². The molecule has 2 aliphatic heterocycles. The van der Waals surface area contributed by atoms with Crippen LogP contribution in [0.15, 0.2) is 72.8 Å². The summed E-state index contributed by atoms with van der Waals surface area (Å²) in [7, 11) is 0. The van der Waals surface area contributed by atoms with Crippen LogP contribution in [0.25, 0.3) is 0 Å². The molecule has 5 rings (SSSR count). The van der Waals surface area contributed by atoms with E-state index in [1.54, 1.807) is 30.3 Å². The quantitative estimate of drug-likeness (QED) is 0.313. The molecule has 2 heterocycles. The molecule has 41 heavy (non-hydrogen) atoms. The molecule has 2 fully saturated rings. The number of ether oxygens (including phenoxy) is 1. The van der Waals surface area contributed by atoms with Gasteiger partial charge in [-0.25, -0.2) is 0 Å². The second-order valence-corrected chi connectivity index (χ2v) is 11.3. The lowest BCUT2D eigenvalue weighted by molar-refractivity contribution is 0.0374. The minimum Gasteiger partial charge on any atom is -0.379 e. The van der Waals surface area contributed by atoms with E-state index in [1.165, 1.54) is 5.56 Å². The van der Waals surface area contributed by atoms with Crippen LogP contribution in [0.2, 0.25) is 5.02 Å². The van der Waals surface area contributed by atoms with E-state index < -0.39 is 0 Å². The Hall–Kier alpha value is -3.39. The number of halogens is 1. The number of morpholine rings is 1. The SMILES string of the molecule is O=C(Nc1ccc(N2CCC(Cc3ccccc3)CC2)c(C(=O)NCCCN2CCOCC2)c1)c1ccc(Cl)cc1. The second-order valence-electron chi connectivity index (χ2n) is 10.9. The number of carbonyl (C=O) groups excluding carboxylic acids is 2. The van der Waals surface area contributed by atoms with Crippen molar-refractivity contribution >= 4 is 34.8 Å². The number of piperidine rings is 1. The van der Waals surface area contributed by atoms with Crippen molar-refractivity contribution in [2.24, 2.45) is 5.92 Å². The molecule has 0 saturated carbocycles. The molecule has 8 heteroatoms. The van der Waals surface area contributed by atoms with Crippen molar-refractivity contribution in [2.75, 3.05) is 62.7 Å². The van der Waals surface area contributed by atoms with E-state index in [4.69, 9.17) is 16.3 Å². The van der Waals surface area contributed by atoms with E-state index in [0.29, 0.717) is 34.3 Å². The van der Waals surface area contributed by atoms with Gasteiger partial charge in [0.1, 0.15) is 0 Å². The van der Waals surface area contributed by atoms with E-state index >= 15 is 0 Å². The van der Waals surface area contributed by atoms with Crippen molar-refractivity contribution in [3.8, 4) is 0 Å². The Kier molecular flexibility index (Phi) is 10.3. The summed E-state index contributed by atoms with van der Waals surface area (Å²) in [5.41, 5.74) is 3.98. The number of hydrogen-bond donors (Lipinski definition) is 2. The first-order valence-corrected chi connectivity index (χ1v) is 15.0. The molecule has 0 unspecified atom stereocenters. The van der Waals surface area contributed by atoms with Crippen LogP contribution in [-0.4, -0.2) is 69.2 Å². The third kappa shape index (κ3) is 8.32. The highest BCUT2D eigenvalue weighted by atomic mass is 35.5. The van der Waals surface area contributed by atoms with Gasteiger partial charge < -0.3 is 20.3 Å². The lowest BCUT2D eigenvalue weighted by Crippen LogP contribution is -2.38. The standard InChI is InChI=1S/C33H39ClN4O3/c34-28-9-7-27(8-10-28)32(39)36-29-11-12-31(38-17-13-26(14-18-38)23-25-5-2-1-3-6-25)30(24-29)33(40)35-15-4-16-37-19-21-41-22-20-37/h1-3,5-12,24,26H,4,13-23H2,(H,35,40)(H,36,39). The molecule has 0 spiro atoms. The average Bonchev–Trinajstić information content (AvgIpc) is 3.01. The Morgan fingerprint density at radius 2 is 1.61 bits per heavy atom. The minimum atomic E-state index is -0.243. The molecule has 2 amide bonds. The first-order valence-electron chi connectivity index (χ1n) is 14.6. The average molecular weight is 575 g/mol. The predicted octanol–water partition coefficient (Wildman–Crippen LogP) is 5.50. The van der Waals surface area contributed by atoms with Crippen LogP contribution in [0.4, 0.5) is 11.4 Å². The molecule has 3 aromatic carbocycles. The van der Waals surface area contributed by atoms with Crippen LogP contribution in [0.3, 0.4) is 0 Å². The minimum absolute atomic E-state index is 0.115. The zero-order valence-electron chi connectivity index (χ0n) is 23.5. The number of anilines is 2. The Labute approximate surface area is 247 Å². The summed E-state index contributed by atoms with van der Waals surface area (Å²) in [6, 6.07) is 23.1. The van der Waals surface area contributed by atoms with Crippen molar-refractivity contribution in [1.82, 2.24) is 10.2 Å². The lowest BCUT2D eigenvalue weighted by Gasteiger charge is -2.35. The zero-order chi connectivity index (χ0) is 28.4. The Morgan fingerprint density at radius 3 is 2.34 bits per heavy atom. The van der Waals surface area contributed by atoms with Crippen LogP contribution in [0.1, 0.15) is 45.5 Å². The van der Waals surface area contributed by atoms with Gasteiger partial charge in [0.25, 0.3) is 11.8 Å². The largest absolute Gasteiger partial charge is 0.379 e. The summed E-state index contributed by atoms with van der Waals surface area (Å²) in [5, 5.41) is 6.65. The van der Waals surface area contributed by atoms with Crippen LogP contribution >= 0.6 is 11.6 Å². The monoisotopic (exact) mass is 574 g/mol. The molecule has 2 saturated heterocycles. The normalized spacial score (nSPS) is 16.4. The van der Waals surface area contributed by atoms with E-state index in [9.17, 15) is 9.59 Å². The van der Waals surface area contributed by atoms with Crippen molar-refractivity contribution in [1.29, 1.82) is 0 Å². The summed E-state index contributed by atoms with van der Waals surface area (Å²) < 4.78 is 5.43. The third-order valence-electron chi connectivity index (χ3n) is 7.97. The Morgan fingerprint density at radius 1 is 0.878 bits per heavy atom. The fraction of sp³-hybridized carbons (Fsp3) is 0.394. The molecule has 0 bridgehead atoms. The number of amides is 2. The van der Waals surface area contributed by atoms with Gasteiger partial charge >= 0.3 is 0 Å². The van der Waals surface area contributed by atoms with Crippen LogP contribution in [0.5, 0.6) is 0 Å². The molecule has 7 nitrogen and oxygen atoms in total. The number of benzene rings is 3. The van der Waals surface area contributed by atoms with Gasteiger partial charge in [0, 0.05) is 54.7 Å². The molecular weight excluding hydrogens is 536 g/mol. The third-order valence-corrected chi connectivity index (χ3v) is 8.22. The molecule has 2 N–H and O–H groups in total. The lowest BCUT2D eigenvalue weighted by atomic mass is 9.89. The van der Waals surface area contributed by atoms with Gasteiger partial charge in [0.2, 0.25) is 0 Å². The van der Waals surface area contributed by atoms with Gasteiger partial charge in [0.05, 0.1) is 18.8 Å². The van der Waals surface area contributed by atoms with Gasteiger partial charge in [0.15, 0.2) is 0 Å². The first-order chi connectivity index (χ1) is 20.0. The molecule has 0 radical (unpaired) electrons. The molecular formula is C33H39ClN4O3. The maximum absolute atomic E-state index is 13.5. The van der Waals surface area contributed by atoms with Gasteiger partial charge in [-0.15, -0.1) is 0 Å². The van der Waals surface area contributed by atoms with E-state index in [0.717, 1.165) is 77.3 Å². The highest BCUT2D eigenvalue weighted by molar-refractivity contribution is 6.30. The van der Waals surface area contributed by atoms with E-state index in [-0.39, 0.29) is 11.8 Å². The fourth-order valence-corrected chi connectivity index (χ4v) is 5.75. The summed E-state index contributed by atoms with van der Waals surface area (Å²) >= 11 is 5.98. The number of hydrogen-bond acceptors (Lipinski definition) is 5. The maximum Gasteiger partial charge on any atom is 0.255 e. The molecule has 2 aliphatic rings. The number of rotatable bonds is 10. The Bertz CT molecular complexity index is 1290. The first kappa shape index (κ1) is 29.1. The van der Waals surface area contributed by atoms with E-state index in [1.807, 2.05) is 12.1 Å². The number of nitrogens with one attached hydrogen (secondary N) is 2. The molecule has 3 aromatic rings. The van der Waals surface area contributed by atoms with E-state index in [2.05, 4.69) is 50.8 Å². The van der Waals surface area contributed by atoms with Crippen LogP contribution in [0, 0.1) is 5.92 Å². The predicted molar refractivity (Wildman–Crippen MR) is 165 cm³/mol. The molecule has 0 aliphatic carbocycles. The summed E-state index contributed by atoms with van der Waals surface area (Å²) in [5.74, 6) is 0.271. The Balaban J connectivity index is 1.25. The zero-order valence-corrected chi connectivity index (χ0v) is 24.2. The van der Waals surface area contributed by atoms with Gasteiger partial charge in [-0.3, -0.25) is 14.5 Å². The summed E-state index contributed by atoms with van der Waals surface area (Å²) in [6.45, 7) is 6.73. The van der Waals surface area contributed by atoms with Crippen molar-refractivity contribution < 1.29 is 14.3 Å². The topological polar surface area (TPSA) is 73.9 Å². The number of carbonyl (C=O) groups is 2. The van der Waals surface area contributed by atoms with Crippen molar-refractivity contribution in [3.05, 3.63) is 94.5 Å². The smallest absolute Gasteiger partial charge is 0.255 e. The van der Waals surface area contributed by atoms with Crippen molar-refractivity contribution in [2.45, 2.75) is 25.7 Å². The molecule has 0 aromatic heterocycles. The summed E-state index contributed by atoms with van der Waals surface area (Å²) in [4.78, 5) is 31.1. The highest BCUT2D eigenvalue weighted by Gasteiger charge is 2.24. The fourth-order valence-electron chi connectivity index (χ4n) is 5.63. The van der Waals surface area contributed by atoms with Gasteiger partial charge in [-0.2, -0.15) is 0 Å². The highest BCUT2D eigenvalue weighted by Crippen LogP contribution is 2.30. The van der Waals surface area contributed by atoms with Crippen LogP contribution in [-0.2, 0) is 11.2 Å².